The highest BCUT2D eigenvalue weighted by Crippen LogP contribution is 2.42. The molecule has 1 aromatic carbocycles. The van der Waals surface area contributed by atoms with E-state index in [-0.39, 0.29) is 0 Å². The van der Waals surface area contributed by atoms with Gasteiger partial charge in [-0.1, -0.05) is 30.3 Å². The molecule has 2 atom stereocenters. The van der Waals surface area contributed by atoms with Gasteiger partial charge in [-0.05, 0) is 5.56 Å². The molecule has 1 saturated heterocycles. The Balaban J connectivity index is 2.06. The number of hydrogen-bond acceptors (Lipinski definition) is 2. The lowest BCUT2D eigenvalue weighted by molar-refractivity contribution is -0.172. The molecule has 0 saturated carbocycles. The molecule has 1 aliphatic heterocycles. The fourth-order valence-electron chi connectivity index (χ4n) is 1.37. The SMILES string of the molecule is O=C([C@H]1O[C@H]1c1ccccc1)C(F)(F)F. The molecule has 5 heteroatoms. The Hall–Kier alpha value is -1.36. The van der Waals surface area contributed by atoms with Crippen LogP contribution >= 0.6 is 0 Å². The average molecular weight is 216 g/mol. The van der Waals surface area contributed by atoms with Gasteiger partial charge in [-0.25, -0.2) is 0 Å². The maximum atomic E-state index is 12.0. The Bertz CT molecular complexity index is 372. The van der Waals surface area contributed by atoms with Crippen LogP contribution in [-0.4, -0.2) is 18.1 Å². The summed E-state index contributed by atoms with van der Waals surface area (Å²) in [6, 6.07) is 8.38. The Labute approximate surface area is 83.7 Å². The first-order valence-electron chi connectivity index (χ1n) is 4.31. The maximum absolute atomic E-state index is 12.0. The highest BCUT2D eigenvalue weighted by molar-refractivity contribution is 5.90. The van der Waals surface area contributed by atoms with Crippen molar-refractivity contribution in [1.29, 1.82) is 0 Å². The van der Waals surface area contributed by atoms with E-state index in [9.17, 15) is 18.0 Å². The summed E-state index contributed by atoms with van der Waals surface area (Å²) in [4.78, 5) is 10.8. The van der Waals surface area contributed by atoms with Crippen molar-refractivity contribution in [2.75, 3.05) is 0 Å². The minimum Gasteiger partial charge on any atom is -0.356 e. The summed E-state index contributed by atoms with van der Waals surface area (Å²) < 4.78 is 40.7. The standard InChI is InChI=1S/C10H7F3O2/c11-10(12,13)9(14)8-7(15-8)6-4-2-1-3-5-6/h1-5,7-8H/t7-,8-/m0/s1. The topological polar surface area (TPSA) is 29.6 Å². The smallest absolute Gasteiger partial charge is 0.356 e. The fraction of sp³-hybridized carbons (Fsp3) is 0.300. The number of hydrogen-bond donors (Lipinski definition) is 0. The van der Waals surface area contributed by atoms with Crippen LogP contribution in [0.25, 0.3) is 0 Å². The summed E-state index contributed by atoms with van der Waals surface area (Å²) in [5.41, 5.74) is 0.597. The molecule has 1 fully saturated rings. The van der Waals surface area contributed by atoms with E-state index < -0.39 is 24.2 Å². The number of carbonyl (C=O) groups excluding carboxylic acids is 1. The Kier molecular flexibility index (Phi) is 2.26. The molecule has 80 valence electrons. The normalized spacial score (nSPS) is 25.0. The first kappa shape index (κ1) is 10.2. The fourth-order valence-corrected chi connectivity index (χ4v) is 1.37. The van der Waals surface area contributed by atoms with Crippen molar-refractivity contribution in [3.8, 4) is 0 Å². The van der Waals surface area contributed by atoms with Crippen LogP contribution in [0.15, 0.2) is 30.3 Å². The van der Waals surface area contributed by atoms with Crippen LogP contribution in [0.1, 0.15) is 11.7 Å². The number of halogens is 3. The second kappa shape index (κ2) is 3.34. The number of carbonyl (C=O) groups is 1. The lowest BCUT2D eigenvalue weighted by Crippen LogP contribution is -2.27. The number of rotatable bonds is 2. The van der Waals surface area contributed by atoms with E-state index in [1.165, 1.54) is 0 Å². The number of alkyl halides is 3. The molecule has 0 N–H and O–H groups in total. The Morgan fingerprint density at radius 3 is 2.33 bits per heavy atom. The summed E-state index contributed by atoms with van der Waals surface area (Å²) in [6.45, 7) is 0. The highest BCUT2D eigenvalue weighted by Gasteiger charge is 2.56. The number of epoxide rings is 1. The molecule has 0 aromatic heterocycles. The molecule has 2 nitrogen and oxygen atoms in total. The summed E-state index contributed by atoms with van der Waals surface area (Å²) in [5, 5.41) is 0. The van der Waals surface area contributed by atoms with Crippen LogP contribution in [0, 0.1) is 0 Å². The first-order valence-corrected chi connectivity index (χ1v) is 4.31. The molecule has 1 heterocycles. The van der Waals surface area contributed by atoms with Crippen molar-refractivity contribution < 1.29 is 22.7 Å². The van der Waals surface area contributed by atoms with E-state index in [0.717, 1.165) is 0 Å². The lowest BCUT2D eigenvalue weighted by Gasteiger charge is -2.00. The summed E-state index contributed by atoms with van der Waals surface area (Å²) in [6.07, 6.45) is -6.90. The van der Waals surface area contributed by atoms with Gasteiger partial charge in [-0.15, -0.1) is 0 Å². The van der Waals surface area contributed by atoms with Gasteiger partial charge in [0.1, 0.15) is 6.10 Å². The summed E-state index contributed by atoms with van der Waals surface area (Å²) in [5.74, 6) is -1.81. The molecule has 15 heavy (non-hydrogen) atoms. The van der Waals surface area contributed by atoms with Gasteiger partial charge in [0.25, 0.3) is 5.78 Å². The number of ketones is 1. The molecule has 2 rings (SSSR count). The third-order valence-electron chi connectivity index (χ3n) is 2.16. The highest BCUT2D eigenvalue weighted by atomic mass is 19.4. The van der Waals surface area contributed by atoms with E-state index in [4.69, 9.17) is 4.74 Å². The largest absolute Gasteiger partial charge is 0.452 e. The van der Waals surface area contributed by atoms with E-state index in [1.807, 2.05) is 0 Å². The Morgan fingerprint density at radius 2 is 1.80 bits per heavy atom. The molecule has 1 aliphatic rings. The van der Waals surface area contributed by atoms with Gasteiger partial charge in [-0.2, -0.15) is 13.2 Å². The predicted octanol–water partition coefficient (Wildman–Crippen LogP) is 2.26. The molecule has 0 spiro atoms. The van der Waals surface area contributed by atoms with E-state index >= 15 is 0 Å². The minimum absolute atomic E-state index is 0.597. The summed E-state index contributed by atoms with van der Waals surface area (Å²) >= 11 is 0. The van der Waals surface area contributed by atoms with E-state index in [2.05, 4.69) is 0 Å². The number of ether oxygens (including phenoxy) is 1. The van der Waals surface area contributed by atoms with E-state index in [1.54, 1.807) is 30.3 Å². The van der Waals surface area contributed by atoms with Gasteiger partial charge >= 0.3 is 6.18 Å². The predicted molar refractivity (Wildman–Crippen MR) is 45.1 cm³/mol. The molecule has 0 unspecified atom stereocenters. The molecular formula is C10H7F3O2. The lowest BCUT2D eigenvalue weighted by atomic mass is 10.1. The van der Waals surface area contributed by atoms with Crippen LogP contribution in [0.5, 0.6) is 0 Å². The van der Waals surface area contributed by atoms with Crippen molar-refractivity contribution in [3.63, 3.8) is 0 Å². The number of benzene rings is 1. The zero-order chi connectivity index (χ0) is 11.1. The van der Waals surface area contributed by atoms with Crippen LogP contribution in [-0.2, 0) is 9.53 Å². The second-order valence-electron chi connectivity index (χ2n) is 3.25. The zero-order valence-corrected chi connectivity index (χ0v) is 7.49. The molecule has 0 bridgehead atoms. The Morgan fingerprint density at radius 1 is 1.20 bits per heavy atom. The van der Waals surface area contributed by atoms with Gasteiger partial charge in [0.05, 0.1) is 0 Å². The first-order chi connectivity index (χ1) is 7.00. The molecule has 0 amide bonds. The monoisotopic (exact) mass is 216 g/mol. The van der Waals surface area contributed by atoms with Crippen LogP contribution < -0.4 is 0 Å². The number of Topliss-reactive ketones (excluding diaryl/α,β-unsaturated/α-hetero) is 1. The third-order valence-corrected chi connectivity index (χ3v) is 2.16. The van der Waals surface area contributed by atoms with Crippen molar-refractivity contribution in [2.45, 2.75) is 18.4 Å². The van der Waals surface area contributed by atoms with Gasteiger partial charge in [0.2, 0.25) is 0 Å². The molecule has 0 radical (unpaired) electrons. The van der Waals surface area contributed by atoms with Crippen LogP contribution in [0.3, 0.4) is 0 Å². The molecule has 1 aromatic rings. The molecular weight excluding hydrogens is 209 g/mol. The van der Waals surface area contributed by atoms with Crippen molar-refractivity contribution >= 4 is 5.78 Å². The van der Waals surface area contributed by atoms with Gasteiger partial charge in [0, 0.05) is 0 Å². The molecule has 0 aliphatic carbocycles. The van der Waals surface area contributed by atoms with Crippen LogP contribution in [0.4, 0.5) is 13.2 Å². The van der Waals surface area contributed by atoms with Crippen molar-refractivity contribution in [1.82, 2.24) is 0 Å². The van der Waals surface area contributed by atoms with Gasteiger partial charge < -0.3 is 4.74 Å². The average Bonchev–Trinajstić information content (AvgIpc) is 2.96. The van der Waals surface area contributed by atoms with Crippen molar-refractivity contribution in [3.05, 3.63) is 35.9 Å². The van der Waals surface area contributed by atoms with Crippen LogP contribution in [0.2, 0.25) is 0 Å². The quantitative estimate of drug-likeness (QED) is 0.709. The minimum atomic E-state index is -4.81. The van der Waals surface area contributed by atoms with Gasteiger partial charge in [-0.3, -0.25) is 4.79 Å². The van der Waals surface area contributed by atoms with E-state index in [0.29, 0.717) is 5.56 Å². The third kappa shape index (κ3) is 2.02. The summed E-state index contributed by atoms with van der Waals surface area (Å²) in [7, 11) is 0. The van der Waals surface area contributed by atoms with Gasteiger partial charge in [0.15, 0.2) is 6.10 Å². The maximum Gasteiger partial charge on any atom is 0.452 e. The zero-order valence-electron chi connectivity index (χ0n) is 7.49. The second-order valence-corrected chi connectivity index (χ2v) is 3.25. The van der Waals surface area contributed by atoms with Crippen molar-refractivity contribution in [2.24, 2.45) is 0 Å².